The van der Waals surface area contributed by atoms with E-state index in [4.69, 9.17) is 4.74 Å². The van der Waals surface area contributed by atoms with Gasteiger partial charge in [0.15, 0.2) is 17.3 Å². The number of ketones is 1. The molecule has 0 fully saturated rings. The van der Waals surface area contributed by atoms with E-state index in [2.05, 4.69) is 9.84 Å². The van der Waals surface area contributed by atoms with Gasteiger partial charge in [0.05, 0.1) is 18.9 Å². The van der Waals surface area contributed by atoms with Crippen molar-refractivity contribution in [3.8, 4) is 11.5 Å². The molecule has 5 nitrogen and oxygen atoms in total. The lowest BCUT2D eigenvalue weighted by atomic mass is 10.1. The Morgan fingerprint density at radius 2 is 2.12 bits per heavy atom. The predicted molar refractivity (Wildman–Crippen MR) is 85.6 cm³/mol. The monoisotopic (exact) mass is 336 g/mol. The fourth-order valence-corrected chi connectivity index (χ4v) is 2.25. The summed E-state index contributed by atoms with van der Waals surface area (Å²) in [6, 6.07) is 4.45. The number of aromatic nitrogens is 2. The van der Waals surface area contributed by atoms with Crippen molar-refractivity contribution in [3.63, 3.8) is 0 Å². The summed E-state index contributed by atoms with van der Waals surface area (Å²) in [5.41, 5.74) is 1.95. The highest BCUT2D eigenvalue weighted by Crippen LogP contribution is 2.29. The van der Waals surface area contributed by atoms with Crippen LogP contribution in [-0.2, 0) is 6.54 Å². The van der Waals surface area contributed by atoms with Crippen molar-refractivity contribution in [2.45, 2.75) is 27.0 Å². The van der Waals surface area contributed by atoms with E-state index in [0.29, 0.717) is 17.7 Å². The van der Waals surface area contributed by atoms with Crippen LogP contribution in [0.4, 0.5) is 8.78 Å². The van der Waals surface area contributed by atoms with Gasteiger partial charge in [0.25, 0.3) is 0 Å². The molecular formula is C17H18F2N2O3. The number of alkyl halides is 2. The van der Waals surface area contributed by atoms with Crippen molar-refractivity contribution in [3.05, 3.63) is 47.3 Å². The summed E-state index contributed by atoms with van der Waals surface area (Å²) in [5.74, 6) is -0.0741. The van der Waals surface area contributed by atoms with Gasteiger partial charge in [-0.05, 0) is 37.6 Å². The first kappa shape index (κ1) is 17.7. The van der Waals surface area contributed by atoms with Gasteiger partial charge in [0.1, 0.15) is 0 Å². The quantitative estimate of drug-likeness (QED) is 0.571. The van der Waals surface area contributed by atoms with Crippen LogP contribution in [0.25, 0.3) is 6.08 Å². The van der Waals surface area contributed by atoms with E-state index in [9.17, 15) is 13.6 Å². The molecule has 1 heterocycles. The number of hydrogen-bond donors (Lipinski definition) is 0. The van der Waals surface area contributed by atoms with E-state index in [1.54, 1.807) is 16.8 Å². The second kappa shape index (κ2) is 7.72. The molecule has 0 bridgehead atoms. The van der Waals surface area contributed by atoms with Crippen LogP contribution in [0.1, 0.15) is 28.5 Å². The molecule has 7 heteroatoms. The van der Waals surface area contributed by atoms with Gasteiger partial charge in [-0.2, -0.15) is 13.9 Å². The Balaban J connectivity index is 2.19. The van der Waals surface area contributed by atoms with E-state index in [1.165, 1.54) is 31.5 Å². The number of benzene rings is 1. The zero-order chi connectivity index (χ0) is 17.7. The Hall–Kier alpha value is -2.70. The molecule has 0 unspecified atom stereocenters. The number of nitrogens with zero attached hydrogens (tertiary/aromatic N) is 2. The highest BCUT2D eigenvalue weighted by Gasteiger charge is 2.12. The average Bonchev–Trinajstić information content (AvgIpc) is 2.93. The van der Waals surface area contributed by atoms with Crippen molar-refractivity contribution in [2.24, 2.45) is 0 Å². The molecule has 2 aromatic rings. The second-order valence-electron chi connectivity index (χ2n) is 4.95. The molecule has 0 radical (unpaired) electrons. The third-order valence-electron chi connectivity index (χ3n) is 3.50. The van der Waals surface area contributed by atoms with Crippen LogP contribution in [-0.4, -0.2) is 29.3 Å². The summed E-state index contributed by atoms with van der Waals surface area (Å²) < 4.78 is 35.7. The molecule has 0 aliphatic carbocycles. The lowest BCUT2D eigenvalue weighted by Crippen LogP contribution is -2.03. The van der Waals surface area contributed by atoms with Gasteiger partial charge in [-0.3, -0.25) is 9.48 Å². The summed E-state index contributed by atoms with van der Waals surface area (Å²) in [6.45, 7) is 1.53. The molecule has 0 spiro atoms. The van der Waals surface area contributed by atoms with Gasteiger partial charge >= 0.3 is 6.61 Å². The largest absolute Gasteiger partial charge is 0.493 e. The molecule has 0 atom stereocenters. The van der Waals surface area contributed by atoms with E-state index in [1.807, 2.05) is 13.8 Å². The van der Waals surface area contributed by atoms with Crippen molar-refractivity contribution in [1.29, 1.82) is 0 Å². The molecule has 0 amide bonds. The summed E-state index contributed by atoms with van der Waals surface area (Å²) in [6.07, 6.45) is 4.53. The number of rotatable bonds is 7. The maximum Gasteiger partial charge on any atom is 0.387 e. The van der Waals surface area contributed by atoms with E-state index in [0.717, 1.165) is 5.69 Å². The molecule has 2 rings (SSSR count). The van der Waals surface area contributed by atoms with Crippen molar-refractivity contribution in [1.82, 2.24) is 9.78 Å². The molecule has 0 N–H and O–H groups in total. The van der Waals surface area contributed by atoms with Crippen LogP contribution >= 0.6 is 0 Å². The van der Waals surface area contributed by atoms with Gasteiger partial charge < -0.3 is 9.47 Å². The summed E-state index contributed by atoms with van der Waals surface area (Å²) in [4.78, 5) is 12.2. The van der Waals surface area contributed by atoms with Gasteiger partial charge in [-0.1, -0.05) is 12.1 Å². The molecule has 24 heavy (non-hydrogen) atoms. The second-order valence-corrected chi connectivity index (χ2v) is 4.95. The fraction of sp³-hybridized carbons (Fsp3) is 0.294. The number of carbonyl (C=O) groups is 1. The highest BCUT2D eigenvalue weighted by atomic mass is 19.3. The van der Waals surface area contributed by atoms with Gasteiger partial charge in [0.2, 0.25) is 0 Å². The topological polar surface area (TPSA) is 53.4 Å². The number of ether oxygens (including phenoxy) is 2. The Kier molecular flexibility index (Phi) is 5.68. The Morgan fingerprint density at radius 3 is 2.71 bits per heavy atom. The fourth-order valence-electron chi connectivity index (χ4n) is 2.25. The molecule has 0 saturated heterocycles. The van der Waals surface area contributed by atoms with Gasteiger partial charge in [0, 0.05) is 12.2 Å². The van der Waals surface area contributed by atoms with Crippen LogP contribution in [0.2, 0.25) is 0 Å². The van der Waals surface area contributed by atoms with E-state index < -0.39 is 6.61 Å². The number of allylic oxidation sites excluding steroid dienone is 1. The van der Waals surface area contributed by atoms with E-state index >= 15 is 0 Å². The number of halogens is 2. The molecule has 0 saturated carbocycles. The predicted octanol–water partition coefficient (Wildman–Crippen LogP) is 3.72. The average molecular weight is 336 g/mol. The van der Waals surface area contributed by atoms with Crippen LogP contribution in [0.3, 0.4) is 0 Å². The molecule has 0 aliphatic heterocycles. The normalized spacial score (nSPS) is 11.2. The zero-order valence-corrected chi connectivity index (χ0v) is 13.6. The maximum absolute atomic E-state index is 12.3. The first-order valence-electron chi connectivity index (χ1n) is 7.34. The van der Waals surface area contributed by atoms with Crippen LogP contribution < -0.4 is 9.47 Å². The van der Waals surface area contributed by atoms with Crippen LogP contribution in [0, 0.1) is 6.92 Å². The summed E-state index contributed by atoms with van der Waals surface area (Å²) >= 11 is 0. The lowest BCUT2D eigenvalue weighted by Gasteiger charge is -2.10. The minimum absolute atomic E-state index is 0.0592. The van der Waals surface area contributed by atoms with Crippen molar-refractivity contribution in [2.75, 3.05) is 7.11 Å². The Bertz CT molecular complexity index is 754. The molecule has 0 aliphatic rings. The molecule has 128 valence electrons. The van der Waals surface area contributed by atoms with Crippen LogP contribution in [0.15, 0.2) is 30.5 Å². The van der Waals surface area contributed by atoms with Crippen LogP contribution in [0.5, 0.6) is 11.5 Å². The summed E-state index contributed by atoms with van der Waals surface area (Å²) in [7, 11) is 1.36. The molecule has 1 aromatic heterocycles. The van der Waals surface area contributed by atoms with E-state index in [-0.39, 0.29) is 17.3 Å². The minimum atomic E-state index is -2.93. The Labute approximate surface area is 138 Å². The number of hydrogen-bond acceptors (Lipinski definition) is 4. The zero-order valence-electron chi connectivity index (χ0n) is 13.6. The molecule has 1 aromatic carbocycles. The number of carbonyl (C=O) groups excluding carboxylic acids is 1. The first-order valence-corrected chi connectivity index (χ1v) is 7.34. The maximum atomic E-state index is 12.3. The molecular weight excluding hydrogens is 318 g/mol. The summed E-state index contributed by atoms with van der Waals surface area (Å²) in [5, 5.41) is 4.13. The number of aryl methyl sites for hydroxylation is 1. The smallest absolute Gasteiger partial charge is 0.387 e. The highest BCUT2D eigenvalue weighted by molar-refractivity contribution is 6.07. The Morgan fingerprint density at radius 1 is 1.38 bits per heavy atom. The van der Waals surface area contributed by atoms with Crippen molar-refractivity contribution >= 4 is 11.9 Å². The third kappa shape index (κ3) is 3.98. The van der Waals surface area contributed by atoms with Gasteiger partial charge in [-0.25, -0.2) is 0 Å². The SMILES string of the molecule is CCn1ncc(C(=O)/C=C/c2ccc(OC(F)F)c(OC)c2)c1C. The van der Waals surface area contributed by atoms with Gasteiger partial charge in [-0.15, -0.1) is 0 Å². The first-order chi connectivity index (χ1) is 11.5. The lowest BCUT2D eigenvalue weighted by molar-refractivity contribution is -0.0512. The van der Waals surface area contributed by atoms with Crippen molar-refractivity contribution < 1.29 is 23.0 Å². The number of methoxy groups -OCH3 is 1. The third-order valence-corrected chi connectivity index (χ3v) is 3.50. The minimum Gasteiger partial charge on any atom is -0.493 e. The standard InChI is InChI=1S/C17H18F2N2O3/c1-4-21-11(2)13(10-20-21)14(22)7-5-12-6-8-15(24-17(18)19)16(9-12)23-3/h5-10,17H,4H2,1-3H3/b7-5+.